The minimum atomic E-state index is -0.0596. The zero-order chi connectivity index (χ0) is 13.1. The fourth-order valence-electron chi connectivity index (χ4n) is 1.63. The van der Waals surface area contributed by atoms with Gasteiger partial charge in [0.2, 0.25) is 0 Å². The van der Waals surface area contributed by atoms with Crippen LogP contribution in [0.15, 0.2) is 39.7 Å². The second kappa shape index (κ2) is 5.35. The van der Waals surface area contributed by atoms with Crippen molar-refractivity contribution in [3.05, 3.63) is 52.1 Å². The molecule has 0 N–H and O–H groups in total. The summed E-state index contributed by atoms with van der Waals surface area (Å²) in [6.07, 6.45) is 3.19. The number of amides is 1. The summed E-state index contributed by atoms with van der Waals surface area (Å²) < 4.78 is 5.93. The van der Waals surface area contributed by atoms with Gasteiger partial charge in [0.1, 0.15) is 10.4 Å². The van der Waals surface area contributed by atoms with Gasteiger partial charge in [-0.15, -0.1) is 0 Å². The molecule has 2 aromatic rings. The maximum Gasteiger partial charge on any atom is 0.255 e. The molecule has 0 unspecified atom stereocenters. The van der Waals surface area contributed by atoms with Crippen LogP contribution in [-0.4, -0.2) is 22.8 Å². The Hall–Kier alpha value is -1.62. The average Bonchev–Trinajstić information content (AvgIpc) is 2.75. The van der Waals surface area contributed by atoms with Gasteiger partial charge < -0.3 is 9.32 Å². The summed E-state index contributed by atoms with van der Waals surface area (Å²) in [5.74, 6) is 0.777. The van der Waals surface area contributed by atoms with Crippen molar-refractivity contribution in [1.29, 1.82) is 0 Å². The van der Waals surface area contributed by atoms with E-state index >= 15 is 0 Å². The molecule has 0 saturated heterocycles. The van der Waals surface area contributed by atoms with Gasteiger partial charge in [0.25, 0.3) is 5.91 Å². The van der Waals surface area contributed by atoms with Crippen molar-refractivity contribution in [3.63, 3.8) is 0 Å². The Morgan fingerprint density at radius 1 is 1.44 bits per heavy atom. The van der Waals surface area contributed by atoms with Crippen molar-refractivity contribution in [2.75, 3.05) is 7.05 Å². The van der Waals surface area contributed by atoms with E-state index in [-0.39, 0.29) is 5.91 Å². The van der Waals surface area contributed by atoms with Crippen molar-refractivity contribution in [1.82, 2.24) is 9.88 Å². The minimum Gasteiger partial charge on any atom is -0.469 e. The summed E-state index contributed by atoms with van der Waals surface area (Å²) in [4.78, 5) is 17.8. The monoisotopic (exact) mass is 308 g/mol. The van der Waals surface area contributed by atoms with E-state index in [4.69, 9.17) is 4.42 Å². The highest BCUT2D eigenvalue weighted by molar-refractivity contribution is 9.10. The third-order valence-corrected chi connectivity index (χ3v) is 3.16. The Kier molecular flexibility index (Phi) is 3.81. The largest absolute Gasteiger partial charge is 0.469 e. The smallest absolute Gasteiger partial charge is 0.255 e. The lowest BCUT2D eigenvalue weighted by atomic mass is 10.2. The van der Waals surface area contributed by atoms with E-state index in [1.54, 1.807) is 36.5 Å². The number of nitrogens with zero attached hydrogens (tertiary/aromatic N) is 2. The normalized spacial score (nSPS) is 10.4. The lowest BCUT2D eigenvalue weighted by molar-refractivity contribution is 0.0784. The zero-order valence-electron chi connectivity index (χ0n) is 10.2. The lowest BCUT2D eigenvalue weighted by Gasteiger charge is -2.16. The Labute approximate surface area is 114 Å². The molecule has 0 aliphatic rings. The molecule has 2 heterocycles. The first-order valence-electron chi connectivity index (χ1n) is 5.48. The van der Waals surface area contributed by atoms with Crippen LogP contribution in [0.1, 0.15) is 21.7 Å². The Morgan fingerprint density at radius 2 is 2.22 bits per heavy atom. The Bertz CT molecular complexity index is 548. The number of pyridine rings is 1. The molecule has 0 saturated carbocycles. The molecule has 1 amide bonds. The number of furan rings is 1. The van der Waals surface area contributed by atoms with Crippen LogP contribution in [0.4, 0.5) is 0 Å². The standard InChI is InChI=1S/C13H13BrN2O2/c1-9-11(5-6-18-9)8-16(2)13(17)10-3-4-12(14)15-7-10/h3-7H,8H2,1-2H3. The number of carbonyl (C=O) groups excluding carboxylic acids is 1. The van der Waals surface area contributed by atoms with E-state index in [0.717, 1.165) is 11.3 Å². The molecule has 0 aromatic carbocycles. The number of carbonyl (C=O) groups is 1. The molecule has 0 aliphatic carbocycles. The van der Waals surface area contributed by atoms with E-state index in [1.807, 2.05) is 13.0 Å². The first-order valence-corrected chi connectivity index (χ1v) is 6.27. The van der Waals surface area contributed by atoms with Crippen molar-refractivity contribution in [2.24, 2.45) is 0 Å². The van der Waals surface area contributed by atoms with Gasteiger partial charge in [-0.1, -0.05) is 0 Å². The third-order valence-electron chi connectivity index (χ3n) is 2.69. The van der Waals surface area contributed by atoms with Gasteiger partial charge in [0.05, 0.1) is 11.8 Å². The van der Waals surface area contributed by atoms with Gasteiger partial charge in [0, 0.05) is 25.4 Å². The summed E-state index contributed by atoms with van der Waals surface area (Å²) in [5.41, 5.74) is 1.58. The molecule has 0 bridgehead atoms. The van der Waals surface area contributed by atoms with E-state index in [0.29, 0.717) is 16.7 Å². The number of aryl methyl sites for hydroxylation is 1. The van der Waals surface area contributed by atoms with E-state index in [2.05, 4.69) is 20.9 Å². The van der Waals surface area contributed by atoms with Crippen LogP contribution >= 0.6 is 15.9 Å². The van der Waals surface area contributed by atoms with Gasteiger partial charge >= 0.3 is 0 Å². The second-order valence-electron chi connectivity index (χ2n) is 4.03. The van der Waals surface area contributed by atoms with Gasteiger partial charge in [-0.25, -0.2) is 4.98 Å². The topological polar surface area (TPSA) is 46.3 Å². The molecule has 18 heavy (non-hydrogen) atoms. The number of aromatic nitrogens is 1. The van der Waals surface area contributed by atoms with E-state index in [1.165, 1.54) is 0 Å². The van der Waals surface area contributed by atoms with Crippen LogP contribution in [0.3, 0.4) is 0 Å². The second-order valence-corrected chi connectivity index (χ2v) is 4.85. The summed E-state index contributed by atoms with van der Waals surface area (Å²) in [6.45, 7) is 2.41. The summed E-state index contributed by atoms with van der Waals surface area (Å²) in [5, 5.41) is 0. The van der Waals surface area contributed by atoms with E-state index < -0.39 is 0 Å². The molecular formula is C13H13BrN2O2. The van der Waals surface area contributed by atoms with Gasteiger partial charge in [-0.2, -0.15) is 0 Å². The first-order chi connectivity index (χ1) is 8.58. The van der Waals surface area contributed by atoms with Crippen molar-refractivity contribution in [3.8, 4) is 0 Å². The molecular weight excluding hydrogens is 296 g/mol. The highest BCUT2D eigenvalue weighted by atomic mass is 79.9. The first kappa shape index (κ1) is 12.8. The summed E-state index contributed by atoms with van der Waals surface area (Å²) in [6, 6.07) is 5.38. The molecule has 4 nitrogen and oxygen atoms in total. The van der Waals surface area contributed by atoms with E-state index in [9.17, 15) is 4.79 Å². The summed E-state index contributed by atoms with van der Waals surface area (Å²) >= 11 is 3.24. The highest BCUT2D eigenvalue weighted by Gasteiger charge is 2.14. The highest BCUT2D eigenvalue weighted by Crippen LogP contribution is 2.13. The van der Waals surface area contributed by atoms with Crippen molar-refractivity contribution < 1.29 is 9.21 Å². The number of halogens is 1. The molecule has 94 valence electrons. The van der Waals surface area contributed by atoms with Gasteiger partial charge in [-0.05, 0) is 41.1 Å². The predicted molar refractivity (Wildman–Crippen MR) is 71.2 cm³/mol. The fourth-order valence-corrected chi connectivity index (χ4v) is 1.86. The maximum absolute atomic E-state index is 12.1. The van der Waals surface area contributed by atoms with Crippen molar-refractivity contribution in [2.45, 2.75) is 13.5 Å². The molecule has 2 aromatic heterocycles. The Balaban J connectivity index is 2.09. The fraction of sp³-hybridized carbons (Fsp3) is 0.231. The molecule has 0 fully saturated rings. The van der Waals surface area contributed by atoms with Crippen LogP contribution in [0.25, 0.3) is 0 Å². The molecule has 5 heteroatoms. The van der Waals surface area contributed by atoms with Crippen LogP contribution in [0.5, 0.6) is 0 Å². The lowest BCUT2D eigenvalue weighted by Crippen LogP contribution is -2.26. The maximum atomic E-state index is 12.1. The molecule has 0 spiro atoms. The third kappa shape index (κ3) is 2.79. The zero-order valence-corrected chi connectivity index (χ0v) is 11.8. The van der Waals surface area contributed by atoms with Crippen LogP contribution < -0.4 is 0 Å². The summed E-state index contributed by atoms with van der Waals surface area (Å²) in [7, 11) is 1.76. The number of hydrogen-bond donors (Lipinski definition) is 0. The van der Waals surface area contributed by atoms with Gasteiger partial charge in [-0.3, -0.25) is 4.79 Å². The van der Waals surface area contributed by atoms with Gasteiger partial charge in [0.15, 0.2) is 0 Å². The predicted octanol–water partition coefficient (Wildman–Crippen LogP) is 3.02. The van der Waals surface area contributed by atoms with Crippen LogP contribution in [-0.2, 0) is 6.54 Å². The molecule has 2 rings (SSSR count). The quantitative estimate of drug-likeness (QED) is 0.819. The molecule has 0 aliphatic heterocycles. The molecule has 0 atom stereocenters. The molecule has 0 radical (unpaired) electrons. The number of rotatable bonds is 3. The number of hydrogen-bond acceptors (Lipinski definition) is 3. The van der Waals surface area contributed by atoms with Crippen molar-refractivity contribution >= 4 is 21.8 Å². The Morgan fingerprint density at radius 3 is 2.78 bits per heavy atom. The minimum absolute atomic E-state index is 0.0596. The van der Waals surface area contributed by atoms with Crippen LogP contribution in [0.2, 0.25) is 0 Å². The van der Waals surface area contributed by atoms with Crippen LogP contribution in [0, 0.1) is 6.92 Å². The SMILES string of the molecule is Cc1occc1CN(C)C(=O)c1ccc(Br)nc1. The average molecular weight is 309 g/mol.